The lowest BCUT2D eigenvalue weighted by atomic mass is 9.99. The summed E-state index contributed by atoms with van der Waals surface area (Å²) in [6.07, 6.45) is 2.95. The van der Waals surface area contributed by atoms with Crippen molar-refractivity contribution in [2.45, 2.75) is 166 Å². The molecule has 0 heterocycles. The topological polar surface area (TPSA) is 543 Å². The summed E-state index contributed by atoms with van der Waals surface area (Å²) in [5.74, 6) is -13.1. The Morgan fingerprint density at radius 3 is 1.46 bits per heavy atom. The Labute approximate surface area is 580 Å². The number of rotatable bonds is 55. The molecular formula is C65H102N14O21. The standard InChI is InChI=1S/C65H102N14O21/c1-5-7-17-45(70-39-81)57(91)74-49(31-41(3)4)59(93)76-50(32-42-15-10-9-11-16-42)60(94)71-46(18-8-6-2)58(92)75-51(33-43-21-23-44(82)24-22-43)61(95)72-47(63(97)98)19-12-13-25-68-52(38-80)62(96)73-48(20-14-26-69-65(66)67)64(99)100-40-79(37-56(89)90)30-28-77(34-53(83)84)27-29-78(35-54(85)86)36-55(87)88/h9-11,15-16,21-24,39,41,45-52,68,80,82H,5-8,12-14,17-20,25-38,40H2,1-4H3,(H,70,81)(H,71,94)(H,72,95)(H,73,96)(H,74,91)(H,75,92)(H,76,93)(H,83,84)(H,85,86)(H,87,88)(H,89,90)(H,97,98)(H4,66,67,69)/t45-,46-,47-,48+,49-,50-,51-,52-/m0/s1. The molecule has 100 heavy (non-hydrogen) atoms. The van der Waals surface area contributed by atoms with Crippen LogP contribution < -0.4 is 54.0 Å². The number of carbonyl (C=O) groups excluding carboxylic acids is 8. The number of guanidine groups is 1. The number of aliphatic hydroxyl groups excluding tert-OH is 1. The van der Waals surface area contributed by atoms with Gasteiger partial charge in [0, 0.05) is 45.6 Å². The Bertz CT molecular complexity index is 2950. The van der Waals surface area contributed by atoms with E-state index in [0.717, 1.165) is 16.2 Å². The number of ether oxygens (including phenoxy) is 1. The average Bonchev–Trinajstić information content (AvgIpc) is 0.855. The Morgan fingerprint density at radius 1 is 0.510 bits per heavy atom. The van der Waals surface area contributed by atoms with Crippen LogP contribution in [0, 0.1) is 5.92 Å². The van der Waals surface area contributed by atoms with Gasteiger partial charge in [0.1, 0.15) is 60.8 Å². The van der Waals surface area contributed by atoms with Gasteiger partial charge in [0.05, 0.1) is 32.8 Å². The van der Waals surface area contributed by atoms with Crippen molar-refractivity contribution in [2.75, 3.05) is 78.8 Å². The van der Waals surface area contributed by atoms with E-state index in [4.69, 9.17) is 16.2 Å². The van der Waals surface area contributed by atoms with E-state index in [1.807, 2.05) is 27.7 Å². The summed E-state index contributed by atoms with van der Waals surface area (Å²) in [6, 6.07) is 3.84. The van der Waals surface area contributed by atoms with Gasteiger partial charge in [0.2, 0.25) is 41.9 Å². The van der Waals surface area contributed by atoms with Gasteiger partial charge in [-0.1, -0.05) is 95.8 Å². The van der Waals surface area contributed by atoms with Crippen LogP contribution in [0.15, 0.2) is 59.6 Å². The van der Waals surface area contributed by atoms with Crippen molar-refractivity contribution in [3.63, 3.8) is 0 Å². The zero-order chi connectivity index (χ0) is 74.7. The molecule has 7 amide bonds. The highest BCUT2D eigenvalue weighted by Crippen LogP contribution is 2.15. The Morgan fingerprint density at radius 2 is 0.940 bits per heavy atom. The van der Waals surface area contributed by atoms with Gasteiger partial charge in [-0.2, -0.15) is 0 Å². The van der Waals surface area contributed by atoms with E-state index in [1.54, 1.807) is 30.3 Å². The average molecular weight is 1420 g/mol. The highest BCUT2D eigenvalue weighted by Gasteiger charge is 2.35. The SMILES string of the molecule is CCCC[C@H](NC=O)C(=O)N[C@@H](CC(C)C)C(=O)N[C@@H](Cc1ccccc1)C(=O)N[C@@H](CCCC)C(=O)N[C@@H](Cc1ccc(O)cc1)C(=O)N[C@@H](CCCCN[C@@H](CO)C(=O)N[C@H](CCCN=C(N)N)C(=O)OCN(CCN(CCN(CC(=O)O)CC(=O)O)CC(=O)O)CC(=O)O)C(=O)O. The fourth-order valence-corrected chi connectivity index (χ4v) is 10.2. The molecule has 0 saturated carbocycles. The quantitative estimate of drug-likeness (QED) is 0.00822. The highest BCUT2D eigenvalue weighted by atomic mass is 16.5. The van der Waals surface area contributed by atoms with Gasteiger partial charge in [-0.15, -0.1) is 0 Å². The molecule has 0 unspecified atom stereocenters. The monoisotopic (exact) mass is 1410 g/mol. The number of carboxylic acid groups (broad SMARTS) is 5. The zero-order valence-electron chi connectivity index (χ0n) is 57.1. The molecule has 0 aliphatic heterocycles. The first-order valence-electron chi connectivity index (χ1n) is 33.2. The number of phenolic OH excluding ortho intramolecular Hbond substituents is 1. The summed E-state index contributed by atoms with van der Waals surface area (Å²) in [5.41, 5.74) is 12.0. The van der Waals surface area contributed by atoms with Crippen molar-refractivity contribution in [3.05, 3.63) is 65.7 Å². The molecule has 2 rings (SSSR count). The zero-order valence-corrected chi connectivity index (χ0v) is 57.1. The van der Waals surface area contributed by atoms with Crippen LogP contribution in [0.3, 0.4) is 0 Å². The van der Waals surface area contributed by atoms with Crippen LogP contribution in [0.2, 0.25) is 0 Å². The second kappa shape index (κ2) is 48.2. The predicted molar refractivity (Wildman–Crippen MR) is 361 cm³/mol. The minimum Gasteiger partial charge on any atom is -0.508 e. The molecule has 2 aromatic rings. The minimum absolute atomic E-state index is 0.00889. The number of benzene rings is 2. The lowest BCUT2D eigenvalue weighted by Gasteiger charge is -2.28. The number of unbranched alkanes of at least 4 members (excludes halogenated alkanes) is 3. The second-order valence-corrected chi connectivity index (χ2v) is 24.4. The molecule has 0 spiro atoms. The van der Waals surface area contributed by atoms with Gasteiger partial charge < -0.3 is 94.5 Å². The number of hydrogen-bond acceptors (Lipinski definition) is 21. The fraction of sp³-hybridized carbons (Fsp3) is 0.600. The summed E-state index contributed by atoms with van der Waals surface area (Å²) in [7, 11) is 0. The maximum atomic E-state index is 14.5. The molecule has 2 aromatic carbocycles. The number of hydrogen-bond donors (Lipinski definition) is 17. The third-order valence-electron chi connectivity index (χ3n) is 15.4. The van der Waals surface area contributed by atoms with Crippen molar-refractivity contribution >= 4 is 83.6 Å². The van der Waals surface area contributed by atoms with E-state index in [-0.39, 0.29) is 115 Å². The number of phenols is 1. The first-order valence-corrected chi connectivity index (χ1v) is 33.2. The number of carbonyl (C=O) groups is 13. The number of nitrogens with one attached hydrogen (secondary N) is 8. The lowest BCUT2D eigenvalue weighted by Crippen LogP contribution is -2.60. The van der Waals surface area contributed by atoms with E-state index in [1.165, 1.54) is 29.2 Å². The largest absolute Gasteiger partial charge is 0.508 e. The predicted octanol–water partition coefficient (Wildman–Crippen LogP) is -2.37. The fourth-order valence-electron chi connectivity index (χ4n) is 10.2. The summed E-state index contributed by atoms with van der Waals surface area (Å²) in [4.78, 5) is 176. The van der Waals surface area contributed by atoms with Crippen molar-refractivity contribution in [1.29, 1.82) is 0 Å². The van der Waals surface area contributed by atoms with Crippen LogP contribution in [0.1, 0.15) is 116 Å². The molecule has 558 valence electrons. The summed E-state index contributed by atoms with van der Waals surface area (Å²) in [5, 5.41) is 89.6. The number of carboxylic acids is 5. The Balaban J connectivity index is 2.31. The Hall–Kier alpha value is -9.58. The van der Waals surface area contributed by atoms with Gasteiger partial charge in [-0.05, 0) is 87.1 Å². The molecule has 35 heteroatoms. The molecule has 0 aromatic heterocycles. The molecule has 0 fully saturated rings. The van der Waals surface area contributed by atoms with Crippen molar-refractivity contribution < 1.29 is 103 Å². The van der Waals surface area contributed by atoms with Crippen LogP contribution in [0.4, 0.5) is 0 Å². The lowest BCUT2D eigenvalue weighted by molar-refractivity contribution is -0.155. The number of esters is 1. The van der Waals surface area contributed by atoms with Crippen LogP contribution in [0.5, 0.6) is 5.75 Å². The smallest absolute Gasteiger partial charge is 0.329 e. The number of nitrogens with two attached hydrogens (primary N) is 2. The molecule has 0 saturated heterocycles. The summed E-state index contributed by atoms with van der Waals surface area (Å²) >= 11 is 0. The van der Waals surface area contributed by atoms with Gasteiger partial charge in [0.15, 0.2) is 5.96 Å². The molecular weight excluding hydrogens is 1310 g/mol. The number of nitrogens with zero attached hydrogens (tertiary/aromatic N) is 4. The van der Waals surface area contributed by atoms with Crippen LogP contribution in [-0.4, -0.2) is 261 Å². The normalized spacial score (nSPS) is 13.6. The Kier molecular flexibility index (Phi) is 41.7. The maximum absolute atomic E-state index is 14.5. The summed E-state index contributed by atoms with van der Waals surface area (Å²) in [6.45, 7) is 2.48. The third-order valence-corrected chi connectivity index (χ3v) is 15.4. The molecule has 0 radical (unpaired) electrons. The minimum atomic E-state index is -1.55. The molecule has 8 atom stereocenters. The molecule has 0 aliphatic rings. The molecule has 0 bridgehead atoms. The van der Waals surface area contributed by atoms with E-state index in [9.17, 15) is 98.1 Å². The van der Waals surface area contributed by atoms with E-state index >= 15 is 0 Å². The van der Waals surface area contributed by atoms with Gasteiger partial charge in [-0.25, -0.2) is 9.59 Å². The second-order valence-electron chi connectivity index (χ2n) is 24.4. The van der Waals surface area contributed by atoms with Crippen molar-refractivity contribution in [3.8, 4) is 5.75 Å². The number of aromatic hydroxyl groups is 1. The van der Waals surface area contributed by atoms with E-state index in [0.29, 0.717) is 43.2 Å². The first kappa shape index (κ1) is 86.5. The van der Waals surface area contributed by atoms with Crippen LogP contribution in [0.25, 0.3) is 0 Å². The molecule has 0 aliphatic carbocycles. The van der Waals surface area contributed by atoms with Crippen LogP contribution in [-0.2, 0) is 79.9 Å². The number of amides is 7. The molecule has 19 N–H and O–H groups in total. The number of aliphatic hydroxyl groups is 1. The molecule has 35 nitrogen and oxygen atoms in total. The third kappa shape index (κ3) is 36.8. The van der Waals surface area contributed by atoms with Gasteiger partial charge >= 0.3 is 35.8 Å². The van der Waals surface area contributed by atoms with E-state index < -0.39 is 159 Å². The number of aliphatic carboxylic acids is 5. The van der Waals surface area contributed by atoms with Gasteiger partial charge in [0.25, 0.3) is 0 Å². The first-order chi connectivity index (χ1) is 47.5. The van der Waals surface area contributed by atoms with Crippen LogP contribution >= 0.6 is 0 Å². The van der Waals surface area contributed by atoms with Crippen molar-refractivity contribution in [1.82, 2.24) is 57.2 Å². The summed E-state index contributed by atoms with van der Waals surface area (Å²) < 4.78 is 5.44. The highest BCUT2D eigenvalue weighted by molar-refractivity contribution is 5.97. The van der Waals surface area contributed by atoms with Crippen molar-refractivity contribution in [2.24, 2.45) is 22.4 Å². The van der Waals surface area contributed by atoms with Gasteiger partial charge in [-0.3, -0.25) is 72.4 Å². The maximum Gasteiger partial charge on any atom is 0.329 e. The van der Waals surface area contributed by atoms with E-state index in [2.05, 4.69) is 47.5 Å². The number of aliphatic imine (C=N–C) groups is 1.